The van der Waals surface area contributed by atoms with Crippen LogP contribution < -0.4 is 16.6 Å². The molecule has 0 spiro atoms. The monoisotopic (exact) mass is 410 g/mol. The number of fused-ring (bicyclic) bond motifs is 1. The molecule has 2 N–H and O–H groups in total. The summed E-state index contributed by atoms with van der Waals surface area (Å²) in [7, 11) is 0. The van der Waals surface area contributed by atoms with E-state index in [0.29, 0.717) is 42.0 Å². The predicted molar refractivity (Wildman–Crippen MR) is 111 cm³/mol. The Balaban J connectivity index is 2.01. The molecule has 1 aromatic carbocycles. The molecule has 30 heavy (non-hydrogen) atoms. The number of Topliss-reactive ketones (excluding diaryl/α,β-unsaturated/α-hetero) is 1. The highest BCUT2D eigenvalue weighted by atomic mass is 16.6. The number of benzene rings is 1. The topological polar surface area (TPSA) is 127 Å². The lowest BCUT2D eigenvalue weighted by Gasteiger charge is -2.39. The van der Waals surface area contributed by atoms with Gasteiger partial charge in [0.15, 0.2) is 5.78 Å². The van der Waals surface area contributed by atoms with Crippen molar-refractivity contribution in [2.75, 3.05) is 5.32 Å². The van der Waals surface area contributed by atoms with E-state index in [9.17, 15) is 24.5 Å². The zero-order chi connectivity index (χ0) is 21.8. The van der Waals surface area contributed by atoms with E-state index in [1.54, 1.807) is 19.1 Å². The summed E-state index contributed by atoms with van der Waals surface area (Å²) in [4.78, 5) is 51.3. The number of non-ortho nitro benzene ring substituents is 1. The number of carbonyl (C=O) groups excluding carboxylic acids is 1. The number of hydrogen-bond acceptors (Lipinski definition) is 6. The fraction of sp³-hybridized carbons (Fsp3) is 0.381. The van der Waals surface area contributed by atoms with Gasteiger partial charge >= 0.3 is 5.69 Å². The van der Waals surface area contributed by atoms with Crippen molar-refractivity contribution >= 4 is 17.3 Å². The number of anilines is 1. The Hall–Kier alpha value is -3.49. The van der Waals surface area contributed by atoms with Crippen molar-refractivity contribution in [1.29, 1.82) is 0 Å². The molecule has 2 aromatic rings. The average Bonchev–Trinajstić information content (AvgIpc) is 2.65. The summed E-state index contributed by atoms with van der Waals surface area (Å²) in [6.45, 7) is 6.12. The van der Waals surface area contributed by atoms with Crippen molar-refractivity contribution in [2.24, 2.45) is 5.41 Å². The molecule has 9 nitrogen and oxygen atoms in total. The van der Waals surface area contributed by atoms with Gasteiger partial charge in [-0.05, 0) is 24.3 Å². The third kappa shape index (κ3) is 3.06. The summed E-state index contributed by atoms with van der Waals surface area (Å²) >= 11 is 0. The van der Waals surface area contributed by atoms with Crippen LogP contribution in [0.3, 0.4) is 0 Å². The quantitative estimate of drug-likeness (QED) is 0.592. The minimum atomic E-state index is -0.706. The van der Waals surface area contributed by atoms with E-state index in [2.05, 4.69) is 10.3 Å². The maximum atomic E-state index is 13.2. The zero-order valence-corrected chi connectivity index (χ0v) is 16.9. The SMILES string of the molecule is CCn1c2c(c(=O)[nH]c1=O)[C@@H](c1ccc([N+](=O)[O-])cc1)C1=C(CC(C)(C)CC1=O)N2. The third-order valence-corrected chi connectivity index (χ3v) is 5.76. The molecule has 0 amide bonds. The standard InChI is InChI=1S/C21H22N4O5/c1-4-24-18-17(19(27)23-20(24)28)15(11-5-7-12(8-6-11)25(29)30)16-13(22-18)9-21(2,3)10-14(16)26/h5-8,15,22H,4,9-10H2,1-3H3,(H,23,27,28)/t15-/m0/s1. The van der Waals surface area contributed by atoms with Gasteiger partial charge in [0.2, 0.25) is 0 Å². The predicted octanol–water partition coefficient (Wildman–Crippen LogP) is 2.67. The molecule has 1 aliphatic carbocycles. The number of nitro benzene ring substituents is 1. The molecule has 0 bridgehead atoms. The summed E-state index contributed by atoms with van der Waals surface area (Å²) in [6, 6.07) is 5.85. The molecule has 0 saturated heterocycles. The molecular formula is C21H22N4O5. The lowest BCUT2D eigenvalue weighted by Crippen LogP contribution is -2.41. The van der Waals surface area contributed by atoms with Gasteiger partial charge in [0, 0.05) is 42.3 Å². The van der Waals surface area contributed by atoms with Crippen LogP contribution in [-0.4, -0.2) is 20.3 Å². The number of ketones is 1. The first-order valence-corrected chi connectivity index (χ1v) is 9.77. The molecular weight excluding hydrogens is 388 g/mol. The Morgan fingerprint density at radius 3 is 2.43 bits per heavy atom. The Kier molecular flexibility index (Phi) is 4.48. The van der Waals surface area contributed by atoms with Crippen molar-refractivity contribution < 1.29 is 9.72 Å². The van der Waals surface area contributed by atoms with Gasteiger partial charge in [0.05, 0.1) is 10.5 Å². The number of nitrogens with one attached hydrogen (secondary N) is 2. The maximum absolute atomic E-state index is 13.2. The third-order valence-electron chi connectivity index (χ3n) is 5.76. The number of hydrogen-bond donors (Lipinski definition) is 2. The highest BCUT2D eigenvalue weighted by Gasteiger charge is 2.42. The van der Waals surface area contributed by atoms with Crippen LogP contribution in [0.25, 0.3) is 0 Å². The number of allylic oxidation sites excluding steroid dienone is 2. The van der Waals surface area contributed by atoms with Gasteiger partial charge < -0.3 is 5.32 Å². The van der Waals surface area contributed by atoms with Gasteiger partial charge in [-0.25, -0.2) is 4.79 Å². The van der Waals surface area contributed by atoms with Crippen LogP contribution in [-0.2, 0) is 11.3 Å². The Labute approximate surface area is 171 Å². The zero-order valence-electron chi connectivity index (χ0n) is 16.9. The van der Waals surface area contributed by atoms with Gasteiger partial charge in [0.25, 0.3) is 11.2 Å². The Bertz CT molecular complexity index is 1220. The van der Waals surface area contributed by atoms with Gasteiger partial charge in [-0.15, -0.1) is 0 Å². The molecule has 2 heterocycles. The van der Waals surface area contributed by atoms with Crippen molar-refractivity contribution in [3.8, 4) is 0 Å². The van der Waals surface area contributed by atoms with Crippen LogP contribution in [0.1, 0.15) is 50.7 Å². The summed E-state index contributed by atoms with van der Waals surface area (Å²) in [6.07, 6.45) is 0.916. The first-order valence-electron chi connectivity index (χ1n) is 9.77. The first kappa shape index (κ1) is 19.8. The van der Waals surface area contributed by atoms with E-state index in [4.69, 9.17) is 0 Å². The van der Waals surface area contributed by atoms with Crippen molar-refractivity contribution in [1.82, 2.24) is 9.55 Å². The summed E-state index contributed by atoms with van der Waals surface area (Å²) in [5.41, 5.74) is 0.612. The van der Waals surface area contributed by atoms with Gasteiger partial charge in [-0.2, -0.15) is 0 Å². The largest absolute Gasteiger partial charge is 0.344 e. The molecule has 2 aliphatic rings. The minimum absolute atomic E-state index is 0.0728. The number of rotatable bonds is 3. The molecule has 9 heteroatoms. The highest BCUT2D eigenvalue weighted by molar-refractivity contribution is 6.01. The second kappa shape index (κ2) is 6.79. The molecule has 0 fully saturated rings. The minimum Gasteiger partial charge on any atom is -0.344 e. The number of aromatic nitrogens is 2. The molecule has 0 saturated carbocycles. The summed E-state index contributed by atoms with van der Waals surface area (Å²) in [5, 5.41) is 14.3. The van der Waals surface area contributed by atoms with Gasteiger partial charge in [-0.1, -0.05) is 26.0 Å². The van der Waals surface area contributed by atoms with Gasteiger partial charge in [0.1, 0.15) is 5.82 Å². The summed E-state index contributed by atoms with van der Waals surface area (Å²) < 4.78 is 1.44. The van der Waals surface area contributed by atoms with Crippen LogP contribution >= 0.6 is 0 Å². The lowest BCUT2D eigenvalue weighted by atomic mass is 9.69. The van der Waals surface area contributed by atoms with Crippen molar-refractivity contribution in [2.45, 2.75) is 46.1 Å². The number of H-pyrrole nitrogens is 1. The molecule has 156 valence electrons. The average molecular weight is 410 g/mol. The Morgan fingerprint density at radius 2 is 1.83 bits per heavy atom. The summed E-state index contributed by atoms with van der Waals surface area (Å²) in [5.74, 6) is -0.405. The molecule has 0 unspecified atom stereocenters. The van der Waals surface area contributed by atoms with Crippen LogP contribution in [0.5, 0.6) is 0 Å². The fourth-order valence-corrected chi connectivity index (χ4v) is 4.48. The highest BCUT2D eigenvalue weighted by Crippen LogP contribution is 2.47. The van der Waals surface area contributed by atoms with Crippen LogP contribution in [0.15, 0.2) is 45.1 Å². The fourth-order valence-electron chi connectivity index (χ4n) is 4.48. The van der Waals surface area contributed by atoms with Crippen LogP contribution in [0.4, 0.5) is 11.5 Å². The second-order valence-corrected chi connectivity index (χ2v) is 8.51. The van der Waals surface area contributed by atoms with Crippen LogP contribution in [0, 0.1) is 15.5 Å². The van der Waals surface area contributed by atoms with Crippen molar-refractivity contribution in [3.63, 3.8) is 0 Å². The number of nitro groups is 1. The normalized spacial score (nSPS) is 19.7. The molecule has 4 rings (SSSR count). The van der Waals surface area contributed by atoms with Gasteiger partial charge in [-0.3, -0.25) is 29.3 Å². The molecule has 1 aliphatic heterocycles. The van der Waals surface area contributed by atoms with E-state index in [1.165, 1.54) is 16.7 Å². The van der Waals surface area contributed by atoms with E-state index in [-0.39, 0.29) is 22.4 Å². The van der Waals surface area contributed by atoms with E-state index < -0.39 is 22.1 Å². The molecule has 0 radical (unpaired) electrons. The maximum Gasteiger partial charge on any atom is 0.329 e. The lowest BCUT2D eigenvalue weighted by molar-refractivity contribution is -0.384. The molecule has 1 atom stereocenters. The van der Waals surface area contributed by atoms with E-state index in [1.807, 2.05) is 13.8 Å². The number of carbonyl (C=O) groups is 1. The van der Waals surface area contributed by atoms with Crippen LogP contribution in [0.2, 0.25) is 0 Å². The van der Waals surface area contributed by atoms with E-state index in [0.717, 1.165) is 0 Å². The number of nitrogens with zero attached hydrogens (tertiary/aromatic N) is 2. The first-order chi connectivity index (χ1) is 14.1. The second-order valence-electron chi connectivity index (χ2n) is 8.51. The number of aromatic amines is 1. The molecule has 1 aromatic heterocycles. The van der Waals surface area contributed by atoms with Crippen molar-refractivity contribution in [3.05, 3.63) is 77.6 Å². The van der Waals surface area contributed by atoms with E-state index >= 15 is 0 Å². The smallest absolute Gasteiger partial charge is 0.329 e. The Morgan fingerprint density at radius 1 is 1.17 bits per heavy atom.